The zero-order valence-electron chi connectivity index (χ0n) is 15.2. The van der Waals surface area contributed by atoms with Gasteiger partial charge in [-0.25, -0.2) is 22.2 Å². The molecule has 1 aromatic heterocycles. The fraction of sp³-hybridized carbons (Fsp3) is 0.368. The van der Waals surface area contributed by atoms with E-state index in [-0.39, 0.29) is 17.2 Å². The molecule has 0 bridgehead atoms. The molecule has 150 valence electrons. The van der Waals surface area contributed by atoms with Crippen LogP contribution in [-0.4, -0.2) is 32.7 Å². The molecule has 0 N–H and O–H groups in total. The molecule has 1 saturated carbocycles. The van der Waals surface area contributed by atoms with Crippen LogP contribution in [0.4, 0.5) is 22.0 Å². The normalized spacial score (nSPS) is 15.0. The Morgan fingerprint density at radius 1 is 1.25 bits per heavy atom. The molecule has 1 unspecified atom stereocenters. The van der Waals surface area contributed by atoms with Gasteiger partial charge in [0, 0.05) is 13.1 Å². The van der Waals surface area contributed by atoms with Crippen molar-refractivity contribution in [2.75, 3.05) is 0 Å². The van der Waals surface area contributed by atoms with Crippen molar-refractivity contribution in [3.63, 3.8) is 0 Å². The fourth-order valence-corrected chi connectivity index (χ4v) is 3.12. The van der Waals surface area contributed by atoms with Gasteiger partial charge in [-0.15, -0.1) is 0 Å². The van der Waals surface area contributed by atoms with Crippen LogP contribution in [0.2, 0.25) is 0 Å². The molecule has 0 spiro atoms. The second-order valence-corrected chi connectivity index (χ2v) is 6.75. The molecule has 0 saturated heterocycles. The molecule has 2 aromatic rings. The standard InChI is InChI=1S/C19H18F5N3O/c1-9(11-4-7-13(20)14(21)8-11)10(2)27(12-5-6-12)19(28)15-16(17(22)23)25-26(3)18(15)24/h4,7-8,10,12,17H,1,5-6H2,2-3H3. The number of hydrogen-bond donors (Lipinski definition) is 0. The number of aryl methyl sites for hydroxylation is 1. The van der Waals surface area contributed by atoms with Crippen LogP contribution in [0.5, 0.6) is 0 Å². The van der Waals surface area contributed by atoms with E-state index in [0.29, 0.717) is 17.5 Å². The number of carbonyl (C=O) groups excluding carboxylic acids is 1. The Bertz CT molecular complexity index is 936. The van der Waals surface area contributed by atoms with Crippen molar-refractivity contribution in [3.8, 4) is 0 Å². The highest BCUT2D eigenvalue weighted by molar-refractivity contribution is 5.97. The van der Waals surface area contributed by atoms with Crippen molar-refractivity contribution in [1.82, 2.24) is 14.7 Å². The van der Waals surface area contributed by atoms with Gasteiger partial charge in [0.25, 0.3) is 12.3 Å². The van der Waals surface area contributed by atoms with Gasteiger partial charge >= 0.3 is 0 Å². The fourth-order valence-electron chi connectivity index (χ4n) is 3.12. The van der Waals surface area contributed by atoms with E-state index in [0.717, 1.165) is 19.2 Å². The number of aromatic nitrogens is 2. The summed E-state index contributed by atoms with van der Waals surface area (Å²) in [6, 6.07) is 2.15. The first-order chi connectivity index (χ1) is 13.1. The lowest BCUT2D eigenvalue weighted by molar-refractivity contribution is 0.0698. The average molecular weight is 399 g/mol. The zero-order chi connectivity index (χ0) is 20.7. The van der Waals surface area contributed by atoms with Crippen LogP contribution in [0, 0.1) is 17.6 Å². The topological polar surface area (TPSA) is 38.1 Å². The summed E-state index contributed by atoms with van der Waals surface area (Å²) in [7, 11) is 1.13. The molecule has 1 heterocycles. The van der Waals surface area contributed by atoms with Crippen molar-refractivity contribution < 1.29 is 26.7 Å². The van der Waals surface area contributed by atoms with E-state index in [1.54, 1.807) is 6.92 Å². The molecule has 1 aliphatic rings. The first-order valence-electron chi connectivity index (χ1n) is 8.60. The number of hydrogen-bond acceptors (Lipinski definition) is 2. The van der Waals surface area contributed by atoms with E-state index in [1.165, 1.54) is 11.0 Å². The van der Waals surface area contributed by atoms with Gasteiger partial charge in [-0.2, -0.15) is 9.49 Å². The number of amides is 1. The molecule has 1 aliphatic carbocycles. The van der Waals surface area contributed by atoms with Crippen molar-refractivity contribution in [3.05, 3.63) is 59.2 Å². The minimum absolute atomic E-state index is 0.255. The summed E-state index contributed by atoms with van der Waals surface area (Å²) in [5.41, 5.74) is -1.18. The predicted octanol–water partition coefficient (Wildman–Crippen LogP) is 4.48. The van der Waals surface area contributed by atoms with E-state index in [4.69, 9.17) is 0 Å². The lowest BCUT2D eigenvalue weighted by Crippen LogP contribution is -2.41. The average Bonchev–Trinajstić information content (AvgIpc) is 3.42. The molecule has 0 radical (unpaired) electrons. The summed E-state index contributed by atoms with van der Waals surface area (Å²) >= 11 is 0. The molecular formula is C19H18F5N3O. The molecule has 3 rings (SSSR count). The van der Waals surface area contributed by atoms with Crippen LogP contribution >= 0.6 is 0 Å². The summed E-state index contributed by atoms with van der Waals surface area (Å²) in [6.45, 7) is 5.42. The maximum absolute atomic E-state index is 14.4. The van der Waals surface area contributed by atoms with Gasteiger partial charge in [0.15, 0.2) is 11.6 Å². The Balaban J connectivity index is 1.97. The Hall–Kier alpha value is -2.71. The Morgan fingerprint density at radius 2 is 1.89 bits per heavy atom. The van der Waals surface area contributed by atoms with E-state index in [9.17, 15) is 26.7 Å². The van der Waals surface area contributed by atoms with Crippen LogP contribution in [0.3, 0.4) is 0 Å². The SMILES string of the molecule is C=C(c1ccc(F)c(F)c1)C(C)N(C(=O)c1c(C(F)F)nn(C)c1F)C1CC1. The maximum Gasteiger partial charge on any atom is 0.283 e. The lowest BCUT2D eigenvalue weighted by atomic mass is 9.99. The minimum atomic E-state index is -3.12. The van der Waals surface area contributed by atoms with E-state index in [1.807, 2.05) is 0 Å². The Morgan fingerprint density at radius 3 is 2.43 bits per heavy atom. The highest BCUT2D eigenvalue weighted by Crippen LogP contribution is 2.36. The third-order valence-corrected chi connectivity index (χ3v) is 4.81. The number of nitrogens with zero attached hydrogens (tertiary/aromatic N) is 3. The summed E-state index contributed by atoms with van der Waals surface area (Å²) in [6.07, 6.45) is -1.89. The third kappa shape index (κ3) is 3.53. The molecule has 1 amide bonds. The number of benzene rings is 1. The van der Waals surface area contributed by atoms with Crippen LogP contribution in [0.1, 0.15) is 47.8 Å². The van der Waals surface area contributed by atoms with Gasteiger partial charge < -0.3 is 4.90 Å². The largest absolute Gasteiger partial charge is 0.329 e. The smallest absolute Gasteiger partial charge is 0.283 e. The van der Waals surface area contributed by atoms with Gasteiger partial charge in [0.05, 0.1) is 6.04 Å². The summed E-state index contributed by atoms with van der Waals surface area (Å²) < 4.78 is 68.2. The summed E-state index contributed by atoms with van der Waals surface area (Å²) in [4.78, 5) is 14.3. The van der Waals surface area contributed by atoms with Crippen LogP contribution in [0.15, 0.2) is 24.8 Å². The zero-order valence-corrected chi connectivity index (χ0v) is 15.2. The molecule has 1 fully saturated rings. The number of alkyl halides is 2. The number of halogens is 5. The predicted molar refractivity (Wildman–Crippen MR) is 92.2 cm³/mol. The summed E-state index contributed by atoms with van der Waals surface area (Å²) in [5, 5.41) is 3.41. The van der Waals surface area contributed by atoms with E-state index < -0.39 is 47.2 Å². The maximum atomic E-state index is 14.4. The first kappa shape index (κ1) is 20.0. The van der Waals surface area contributed by atoms with Gasteiger partial charge in [0.1, 0.15) is 11.3 Å². The van der Waals surface area contributed by atoms with E-state index in [2.05, 4.69) is 11.7 Å². The Kier molecular flexibility index (Phi) is 5.27. The highest BCUT2D eigenvalue weighted by atomic mass is 19.3. The van der Waals surface area contributed by atoms with Crippen LogP contribution < -0.4 is 0 Å². The Labute approximate surface area is 158 Å². The van der Waals surface area contributed by atoms with Gasteiger partial charge in [-0.05, 0) is 43.0 Å². The molecule has 1 atom stereocenters. The van der Waals surface area contributed by atoms with Crippen LogP contribution in [-0.2, 0) is 7.05 Å². The quantitative estimate of drug-likeness (QED) is 0.672. The minimum Gasteiger partial charge on any atom is -0.329 e. The van der Waals surface area contributed by atoms with E-state index >= 15 is 0 Å². The van der Waals surface area contributed by atoms with Crippen molar-refractivity contribution in [1.29, 1.82) is 0 Å². The third-order valence-electron chi connectivity index (χ3n) is 4.81. The van der Waals surface area contributed by atoms with Gasteiger partial charge in [-0.1, -0.05) is 12.6 Å². The second-order valence-electron chi connectivity index (χ2n) is 6.75. The number of carbonyl (C=O) groups is 1. The van der Waals surface area contributed by atoms with Gasteiger partial charge in [-0.3, -0.25) is 4.79 Å². The highest BCUT2D eigenvalue weighted by Gasteiger charge is 2.41. The molecule has 1 aromatic carbocycles. The first-order valence-corrected chi connectivity index (χ1v) is 8.60. The van der Waals surface area contributed by atoms with Crippen molar-refractivity contribution in [2.24, 2.45) is 7.05 Å². The molecule has 4 nitrogen and oxygen atoms in total. The molecular weight excluding hydrogens is 381 g/mol. The number of rotatable bonds is 6. The second kappa shape index (κ2) is 7.37. The molecule has 0 aliphatic heterocycles. The molecule has 9 heteroatoms. The molecule has 28 heavy (non-hydrogen) atoms. The van der Waals surface area contributed by atoms with Crippen molar-refractivity contribution in [2.45, 2.75) is 38.3 Å². The summed E-state index contributed by atoms with van der Waals surface area (Å²) in [5.74, 6) is -4.19. The van der Waals surface area contributed by atoms with Crippen LogP contribution in [0.25, 0.3) is 5.57 Å². The van der Waals surface area contributed by atoms with Gasteiger partial charge in [0.2, 0.25) is 5.95 Å². The van der Waals surface area contributed by atoms with Crippen molar-refractivity contribution >= 4 is 11.5 Å². The lowest BCUT2D eigenvalue weighted by Gasteiger charge is -2.31. The monoisotopic (exact) mass is 399 g/mol.